The molecular formula is C37H40N2O6. The van der Waals surface area contributed by atoms with Crippen LogP contribution < -0.4 is 25.1 Å². The van der Waals surface area contributed by atoms with E-state index in [1.807, 2.05) is 85.6 Å². The molecule has 5 rings (SSSR count). The minimum Gasteiger partial charge on any atom is -0.504 e. The molecule has 0 unspecified atom stereocenters. The third-order valence-electron chi connectivity index (χ3n) is 7.41. The Morgan fingerprint density at radius 2 is 1.09 bits per heavy atom. The second-order valence-corrected chi connectivity index (χ2v) is 10.8. The van der Waals surface area contributed by atoms with Crippen LogP contribution in [0.4, 0.5) is 0 Å². The maximum Gasteiger partial charge on any atom is 0.182 e. The molecule has 8 nitrogen and oxygen atoms in total. The topological polar surface area (TPSA) is 91.9 Å². The molecule has 0 bridgehead atoms. The van der Waals surface area contributed by atoms with Crippen LogP contribution in [0.3, 0.4) is 0 Å². The number of phenolic OH excluding ortho intramolecular Hbond substituents is 1. The Bertz CT molecular complexity index is 1800. The molecule has 2 aromatic heterocycles. The van der Waals surface area contributed by atoms with Crippen LogP contribution in [0.15, 0.2) is 82.4 Å². The van der Waals surface area contributed by atoms with Crippen molar-refractivity contribution in [3.05, 3.63) is 127 Å². The highest BCUT2D eigenvalue weighted by Gasteiger charge is 2.15. The summed E-state index contributed by atoms with van der Waals surface area (Å²) < 4.78 is 20.4. The van der Waals surface area contributed by atoms with Crippen molar-refractivity contribution in [2.75, 3.05) is 14.2 Å². The zero-order chi connectivity index (χ0) is 32.5. The van der Waals surface area contributed by atoms with Gasteiger partial charge in [0.05, 0.1) is 14.2 Å². The van der Waals surface area contributed by atoms with Crippen LogP contribution in [0.25, 0.3) is 24.6 Å². The van der Waals surface area contributed by atoms with Gasteiger partial charge in [-0.2, -0.15) is 0 Å². The predicted molar refractivity (Wildman–Crippen MR) is 181 cm³/mol. The number of aromatic hydroxyl groups is 1. The standard InChI is InChI=1S/C21H23NO3.C16H17NO3/c1-15-12-18(23)13-16(2)22(15)11-10-17-8-9-20(24-3)21(14-17)25-19-6-4-5-7-19;1-11-8-14(18)9-12(2)17(11)7-6-13-4-5-16(20-3)15(19)10-13/h4-5,8-14,19H,6-7H2,1-3H3;4-10,19H,1-3H3/b11-10+;7-6+. The lowest BCUT2D eigenvalue weighted by molar-refractivity contribution is 0.206. The number of aryl methyl sites for hydroxylation is 4. The van der Waals surface area contributed by atoms with Gasteiger partial charge in [-0.1, -0.05) is 24.3 Å². The number of benzene rings is 2. The summed E-state index contributed by atoms with van der Waals surface area (Å²) in [5.41, 5.74) is 5.44. The van der Waals surface area contributed by atoms with E-state index < -0.39 is 0 Å². The number of hydrogen-bond acceptors (Lipinski definition) is 6. The lowest BCUT2D eigenvalue weighted by atomic mass is 10.2. The van der Waals surface area contributed by atoms with E-state index >= 15 is 0 Å². The molecule has 0 radical (unpaired) electrons. The van der Waals surface area contributed by atoms with E-state index in [0.29, 0.717) is 5.75 Å². The monoisotopic (exact) mass is 608 g/mol. The molecule has 8 heteroatoms. The third-order valence-corrected chi connectivity index (χ3v) is 7.41. The smallest absolute Gasteiger partial charge is 0.182 e. The van der Waals surface area contributed by atoms with Crippen LogP contribution in [0.2, 0.25) is 0 Å². The van der Waals surface area contributed by atoms with Crippen LogP contribution in [0.1, 0.15) is 46.7 Å². The first-order chi connectivity index (χ1) is 21.6. The Morgan fingerprint density at radius 1 is 0.644 bits per heavy atom. The minimum atomic E-state index is 0.00624. The number of ether oxygens (including phenoxy) is 3. The minimum absolute atomic E-state index is 0.00624. The van der Waals surface area contributed by atoms with Crippen LogP contribution in [0, 0.1) is 27.7 Å². The van der Waals surface area contributed by atoms with E-state index in [9.17, 15) is 14.7 Å². The van der Waals surface area contributed by atoms with Crippen molar-refractivity contribution < 1.29 is 19.3 Å². The van der Waals surface area contributed by atoms with Crippen LogP contribution >= 0.6 is 0 Å². The van der Waals surface area contributed by atoms with Crippen molar-refractivity contribution in [2.24, 2.45) is 0 Å². The Balaban J connectivity index is 0.000000210. The Labute approximate surface area is 263 Å². The summed E-state index contributed by atoms with van der Waals surface area (Å²) in [5.74, 6) is 2.03. The molecule has 4 aromatic rings. The van der Waals surface area contributed by atoms with E-state index in [-0.39, 0.29) is 22.7 Å². The molecule has 2 aromatic carbocycles. The number of rotatable bonds is 8. The van der Waals surface area contributed by atoms with Gasteiger partial charge in [0.15, 0.2) is 33.9 Å². The summed E-state index contributed by atoms with van der Waals surface area (Å²) in [6, 6.07) is 17.5. The highest BCUT2D eigenvalue weighted by Crippen LogP contribution is 2.31. The van der Waals surface area contributed by atoms with Gasteiger partial charge in [-0.05, 0) is 75.2 Å². The van der Waals surface area contributed by atoms with Gasteiger partial charge >= 0.3 is 0 Å². The first-order valence-corrected chi connectivity index (χ1v) is 14.7. The fraction of sp³-hybridized carbons (Fsp3) is 0.243. The van der Waals surface area contributed by atoms with Gasteiger partial charge in [0, 0.05) is 72.3 Å². The summed E-state index contributed by atoms with van der Waals surface area (Å²) in [7, 11) is 3.16. The van der Waals surface area contributed by atoms with Gasteiger partial charge in [0.1, 0.15) is 6.10 Å². The maximum atomic E-state index is 11.5. The van der Waals surface area contributed by atoms with Crippen molar-refractivity contribution in [1.29, 1.82) is 0 Å². The van der Waals surface area contributed by atoms with E-state index in [4.69, 9.17) is 14.2 Å². The fourth-order valence-corrected chi connectivity index (χ4v) is 5.10. The van der Waals surface area contributed by atoms with Crippen molar-refractivity contribution in [3.8, 4) is 23.0 Å². The molecule has 0 saturated heterocycles. The quantitative estimate of drug-likeness (QED) is 0.217. The number of hydrogen-bond donors (Lipinski definition) is 1. The van der Waals surface area contributed by atoms with Crippen LogP contribution in [-0.4, -0.2) is 34.6 Å². The average molecular weight is 609 g/mol. The normalized spacial score (nSPS) is 12.8. The van der Waals surface area contributed by atoms with Crippen LogP contribution in [-0.2, 0) is 0 Å². The summed E-state index contributed by atoms with van der Waals surface area (Å²) in [5, 5.41) is 9.73. The SMILES string of the molecule is COc1ccc(/C=C/n2c(C)cc(=O)cc2C)cc1O.COc1ccc(/C=C/n2c(C)cc(=O)cc2C)cc1OC1CC=CC1. The molecule has 1 N–H and O–H groups in total. The molecule has 45 heavy (non-hydrogen) atoms. The first-order valence-electron chi connectivity index (χ1n) is 14.7. The molecule has 0 saturated carbocycles. The van der Waals surface area contributed by atoms with Gasteiger partial charge in [0.2, 0.25) is 0 Å². The molecule has 0 spiro atoms. The average Bonchev–Trinajstić information content (AvgIpc) is 3.50. The summed E-state index contributed by atoms with van der Waals surface area (Å²) in [4.78, 5) is 22.9. The Morgan fingerprint density at radius 3 is 1.53 bits per heavy atom. The van der Waals surface area contributed by atoms with Crippen molar-refractivity contribution in [2.45, 2.75) is 46.6 Å². The lowest BCUT2D eigenvalue weighted by Gasteiger charge is -2.16. The highest BCUT2D eigenvalue weighted by atomic mass is 16.5. The number of phenols is 1. The van der Waals surface area contributed by atoms with E-state index in [1.54, 1.807) is 43.5 Å². The molecule has 0 atom stereocenters. The van der Waals surface area contributed by atoms with Gasteiger partial charge in [-0.25, -0.2) is 0 Å². The molecule has 0 amide bonds. The molecule has 0 fully saturated rings. The Kier molecular flexibility index (Phi) is 10.9. The Hall–Kier alpha value is -5.24. The molecule has 1 aliphatic rings. The summed E-state index contributed by atoms with van der Waals surface area (Å²) in [6.07, 6.45) is 14.0. The second-order valence-electron chi connectivity index (χ2n) is 10.8. The molecule has 234 valence electrons. The predicted octanol–water partition coefficient (Wildman–Crippen LogP) is 7.01. The zero-order valence-electron chi connectivity index (χ0n) is 26.6. The summed E-state index contributed by atoms with van der Waals surface area (Å²) >= 11 is 0. The van der Waals surface area contributed by atoms with Crippen molar-refractivity contribution >= 4 is 24.6 Å². The first kappa shape index (κ1) is 32.7. The maximum absolute atomic E-state index is 11.5. The van der Waals surface area contributed by atoms with E-state index in [2.05, 4.69) is 12.2 Å². The second kappa shape index (κ2) is 15.0. The lowest BCUT2D eigenvalue weighted by Crippen LogP contribution is -2.12. The zero-order valence-corrected chi connectivity index (χ0v) is 26.6. The number of aromatic nitrogens is 2. The van der Waals surface area contributed by atoms with Crippen molar-refractivity contribution in [3.63, 3.8) is 0 Å². The van der Waals surface area contributed by atoms with Gasteiger partial charge < -0.3 is 28.5 Å². The fourth-order valence-electron chi connectivity index (χ4n) is 5.10. The van der Waals surface area contributed by atoms with E-state index in [1.165, 1.54) is 7.11 Å². The molecule has 1 aliphatic carbocycles. The van der Waals surface area contributed by atoms with Gasteiger partial charge in [0.25, 0.3) is 0 Å². The van der Waals surface area contributed by atoms with Crippen molar-refractivity contribution in [1.82, 2.24) is 9.13 Å². The van der Waals surface area contributed by atoms with Gasteiger partial charge in [-0.3, -0.25) is 9.59 Å². The molecule has 0 aliphatic heterocycles. The number of pyridine rings is 2. The summed E-state index contributed by atoms with van der Waals surface area (Å²) in [6.45, 7) is 7.61. The number of methoxy groups -OCH3 is 2. The number of nitrogens with zero attached hydrogens (tertiary/aromatic N) is 2. The van der Waals surface area contributed by atoms with Gasteiger partial charge in [-0.15, -0.1) is 0 Å². The van der Waals surface area contributed by atoms with Crippen LogP contribution in [0.5, 0.6) is 23.0 Å². The van der Waals surface area contributed by atoms with E-state index in [0.717, 1.165) is 58.2 Å². The largest absolute Gasteiger partial charge is 0.504 e. The third kappa shape index (κ3) is 8.66. The molecule has 2 heterocycles. The highest BCUT2D eigenvalue weighted by molar-refractivity contribution is 5.65. The molecular weight excluding hydrogens is 568 g/mol.